The number of nitrogens with zero attached hydrogens (tertiary/aromatic N) is 1. The third kappa shape index (κ3) is 3.94. The Balaban J connectivity index is 1.87. The van der Waals surface area contributed by atoms with E-state index in [1.165, 1.54) is 34.6 Å². The van der Waals surface area contributed by atoms with Crippen molar-refractivity contribution in [1.29, 1.82) is 0 Å². The second-order valence-corrected chi connectivity index (χ2v) is 8.01. The molecule has 3 rings (SSSR count). The summed E-state index contributed by atoms with van der Waals surface area (Å²) in [6, 6.07) is 11.7. The van der Waals surface area contributed by atoms with E-state index in [0.717, 1.165) is 12.8 Å². The van der Waals surface area contributed by atoms with Crippen molar-refractivity contribution in [3.05, 3.63) is 65.5 Å². The molecule has 0 bridgehead atoms. The zero-order valence-corrected chi connectivity index (χ0v) is 15.2. The maximum Gasteiger partial charge on any atom is 0.338 e. The summed E-state index contributed by atoms with van der Waals surface area (Å²) in [5.41, 5.74) is 0.629. The maximum absolute atomic E-state index is 14.0. The zero-order valence-electron chi connectivity index (χ0n) is 14.4. The standard InChI is InChI=1S/C19H20FNO4S/c1-2-25-19(22)14-7-11-17(12-8-14)26(23,24)21(16-9-10-16)13-15-5-3-4-6-18(15)20/h3-8,11-12,16H,2,9-10,13H2,1H3. The van der Waals surface area contributed by atoms with Gasteiger partial charge in [0.05, 0.1) is 17.1 Å². The molecule has 5 nitrogen and oxygen atoms in total. The molecule has 1 fully saturated rings. The molecule has 138 valence electrons. The summed E-state index contributed by atoms with van der Waals surface area (Å²) in [5, 5.41) is 0. The first-order valence-electron chi connectivity index (χ1n) is 8.46. The maximum atomic E-state index is 14.0. The van der Waals surface area contributed by atoms with Gasteiger partial charge in [0, 0.05) is 18.2 Å². The summed E-state index contributed by atoms with van der Waals surface area (Å²) in [5.74, 6) is -0.923. The normalized spacial score (nSPS) is 14.4. The van der Waals surface area contributed by atoms with Gasteiger partial charge in [0.2, 0.25) is 10.0 Å². The van der Waals surface area contributed by atoms with Crippen molar-refractivity contribution >= 4 is 16.0 Å². The minimum atomic E-state index is -3.79. The van der Waals surface area contributed by atoms with Gasteiger partial charge in [0.25, 0.3) is 0 Å². The molecule has 2 aromatic rings. The molecular formula is C19H20FNO4S. The van der Waals surface area contributed by atoms with Crippen LogP contribution in [0.5, 0.6) is 0 Å². The van der Waals surface area contributed by atoms with Gasteiger partial charge in [-0.15, -0.1) is 0 Å². The van der Waals surface area contributed by atoms with Gasteiger partial charge in [-0.05, 0) is 50.1 Å². The van der Waals surface area contributed by atoms with Crippen LogP contribution in [0.3, 0.4) is 0 Å². The molecule has 2 aromatic carbocycles. The topological polar surface area (TPSA) is 63.7 Å². The van der Waals surface area contributed by atoms with Crippen LogP contribution in [0.15, 0.2) is 53.4 Å². The molecule has 0 spiro atoms. The first-order valence-corrected chi connectivity index (χ1v) is 9.90. The lowest BCUT2D eigenvalue weighted by molar-refractivity contribution is 0.0526. The molecule has 7 heteroatoms. The smallest absolute Gasteiger partial charge is 0.338 e. The molecule has 0 amide bonds. The molecule has 0 unspecified atom stereocenters. The number of hydrogen-bond donors (Lipinski definition) is 0. The first kappa shape index (κ1) is 18.5. The average molecular weight is 377 g/mol. The number of halogens is 1. The van der Waals surface area contributed by atoms with E-state index in [1.54, 1.807) is 25.1 Å². The Morgan fingerprint density at radius 1 is 1.15 bits per heavy atom. The van der Waals surface area contributed by atoms with Gasteiger partial charge in [-0.2, -0.15) is 4.31 Å². The number of esters is 1. The highest BCUT2D eigenvalue weighted by Crippen LogP contribution is 2.34. The molecule has 0 aromatic heterocycles. The van der Waals surface area contributed by atoms with Crippen LogP contribution in [-0.4, -0.2) is 31.3 Å². The number of sulfonamides is 1. The van der Waals surface area contributed by atoms with Gasteiger partial charge in [0.1, 0.15) is 5.82 Å². The van der Waals surface area contributed by atoms with Crippen LogP contribution < -0.4 is 0 Å². The summed E-state index contributed by atoms with van der Waals surface area (Å²) in [6.07, 6.45) is 1.52. The Morgan fingerprint density at radius 3 is 2.38 bits per heavy atom. The van der Waals surface area contributed by atoms with Crippen LogP contribution in [0.25, 0.3) is 0 Å². The number of hydrogen-bond acceptors (Lipinski definition) is 4. The molecule has 0 aliphatic heterocycles. The minimum absolute atomic E-state index is 0.0146. The number of carbonyl (C=O) groups is 1. The Labute approximate surface area is 152 Å². The van der Waals surface area contributed by atoms with Gasteiger partial charge < -0.3 is 4.74 Å². The summed E-state index contributed by atoms with van der Waals surface area (Å²) in [7, 11) is -3.79. The van der Waals surface area contributed by atoms with E-state index in [9.17, 15) is 17.6 Å². The van der Waals surface area contributed by atoms with Gasteiger partial charge in [0.15, 0.2) is 0 Å². The van der Waals surface area contributed by atoms with Gasteiger partial charge in [-0.25, -0.2) is 17.6 Å². The quantitative estimate of drug-likeness (QED) is 0.694. The van der Waals surface area contributed by atoms with Crippen molar-refractivity contribution in [2.24, 2.45) is 0 Å². The largest absolute Gasteiger partial charge is 0.462 e. The second kappa shape index (κ2) is 7.55. The van der Waals surface area contributed by atoms with E-state index in [1.807, 2.05) is 0 Å². The van der Waals surface area contributed by atoms with Crippen LogP contribution in [0.1, 0.15) is 35.7 Å². The van der Waals surface area contributed by atoms with Crippen LogP contribution in [0.2, 0.25) is 0 Å². The van der Waals surface area contributed by atoms with Gasteiger partial charge in [-0.1, -0.05) is 18.2 Å². The lowest BCUT2D eigenvalue weighted by atomic mass is 10.2. The highest BCUT2D eigenvalue weighted by atomic mass is 32.2. The molecule has 1 saturated carbocycles. The Hall–Kier alpha value is -2.25. The van der Waals surface area contributed by atoms with Crippen molar-refractivity contribution in [2.75, 3.05) is 6.61 Å². The molecule has 0 heterocycles. The fourth-order valence-electron chi connectivity index (χ4n) is 2.68. The van der Waals surface area contributed by atoms with E-state index < -0.39 is 21.8 Å². The van der Waals surface area contributed by atoms with E-state index in [2.05, 4.69) is 0 Å². The first-order chi connectivity index (χ1) is 12.4. The summed E-state index contributed by atoms with van der Waals surface area (Å²) in [4.78, 5) is 11.8. The SMILES string of the molecule is CCOC(=O)c1ccc(S(=O)(=O)N(Cc2ccccc2F)C2CC2)cc1. The van der Waals surface area contributed by atoms with Crippen molar-refractivity contribution in [3.63, 3.8) is 0 Å². The van der Waals surface area contributed by atoms with E-state index in [-0.39, 0.29) is 29.7 Å². The third-order valence-electron chi connectivity index (χ3n) is 4.21. The highest BCUT2D eigenvalue weighted by Gasteiger charge is 2.38. The molecule has 0 saturated heterocycles. The third-order valence-corrected chi connectivity index (χ3v) is 6.12. The molecule has 0 radical (unpaired) electrons. The van der Waals surface area contributed by atoms with Crippen LogP contribution in [0, 0.1) is 5.82 Å². The fourth-order valence-corrected chi connectivity index (χ4v) is 4.34. The molecule has 26 heavy (non-hydrogen) atoms. The van der Waals surface area contributed by atoms with Crippen LogP contribution in [0.4, 0.5) is 4.39 Å². The summed E-state index contributed by atoms with van der Waals surface area (Å²) >= 11 is 0. The Morgan fingerprint density at radius 2 is 1.81 bits per heavy atom. The molecule has 1 aliphatic rings. The zero-order chi connectivity index (χ0) is 18.7. The van der Waals surface area contributed by atoms with Crippen molar-refractivity contribution in [1.82, 2.24) is 4.31 Å². The second-order valence-electron chi connectivity index (χ2n) is 6.12. The number of ether oxygens (including phenoxy) is 1. The lowest BCUT2D eigenvalue weighted by Gasteiger charge is -2.22. The number of carbonyl (C=O) groups excluding carboxylic acids is 1. The van der Waals surface area contributed by atoms with Crippen molar-refractivity contribution in [3.8, 4) is 0 Å². The van der Waals surface area contributed by atoms with Crippen molar-refractivity contribution < 1.29 is 22.3 Å². The summed E-state index contributed by atoms with van der Waals surface area (Å²) < 4.78 is 46.3. The molecular weight excluding hydrogens is 357 g/mol. The van der Waals surface area contributed by atoms with Gasteiger partial charge >= 0.3 is 5.97 Å². The highest BCUT2D eigenvalue weighted by molar-refractivity contribution is 7.89. The molecule has 0 atom stereocenters. The predicted molar refractivity (Wildman–Crippen MR) is 94.5 cm³/mol. The minimum Gasteiger partial charge on any atom is -0.462 e. The number of rotatable bonds is 7. The number of benzene rings is 2. The Kier molecular flexibility index (Phi) is 5.38. The summed E-state index contributed by atoms with van der Waals surface area (Å²) in [6.45, 7) is 1.93. The van der Waals surface area contributed by atoms with Crippen LogP contribution in [-0.2, 0) is 21.3 Å². The van der Waals surface area contributed by atoms with Crippen molar-refractivity contribution in [2.45, 2.75) is 37.2 Å². The molecule has 0 N–H and O–H groups in total. The van der Waals surface area contributed by atoms with E-state index >= 15 is 0 Å². The molecule has 1 aliphatic carbocycles. The predicted octanol–water partition coefficient (Wildman–Crippen LogP) is 3.36. The van der Waals surface area contributed by atoms with E-state index in [0.29, 0.717) is 5.56 Å². The average Bonchev–Trinajstić information content (AvgIpc) is 3.46. The van der Waals surface area contributed by atoms with Gasteiger partial charge in [-0.3, -0.25) is 0 Å². The lowest BCUT2D eigenvalue weighted by Crippen LogP contribution is -2.33. The fraction of sp³-hybridized carbons (Fsp3) is 0.316. The monoisotopic (exact) mass is 377 g/mol. The van der Waals surface area contributed by atoms with E-state index in [4.69, 9.17) is 4.74 Å². The Bertz CT molecular complexity index is 892. The van der Waals surface area contributed by atoms with Crippen LogP contribution >= 0.6 is 0 Å².